The quantitative estimate of drug-likeness (QED) is 0.322. The fraction of sp³-hybridized carbons (Fsp3) is 0.174. The average molecular weight is 400 g/mol. The molecule has 7 heteroatoms. The molecule has 0 radical (unpaired) electrons. The van der Waals surface area contributed by atoms with E-state index in [1.807, 2.05) is 61.7 Å². The lowest BCUT2D eigenvalue weighted by atomic mass is 10.2. The second-order valence-corrected chi connectivity index (χ2v) is 6.67. The van der Waals surface area contributed by atoms with Crippen LogP contribution in [0.1, 0.15) is 18.4 Å². The first-order valence-corrected chi connectivity index (χ1v) is 9.93. The zero-order chi connectivity index (χ0) is 20.6. The third-order valence-electron chi connectivity index (χ3n) is 4.45. The van der Waals surface area contributed by atoms with Crippen LogP contribution in [0.2, 0.25) is 0 Å². The van der Waals surface area contributed by atoms with Gasteiger partial charge in [0.05, 0.1) is 25.0 Å². The number of nitrogens with one attached hydrogen (secondary N) is 3. The second-order valence-electron chi connectivity index (χ2n) is 6.67. The Hall–Kier alpha value is -3.87. The summed E-state index contributed by atoms with van der Waals surface area (Å²) in [6.45, 7) is 3.74. The molecular weight excluding hydrogens is 376 g/mol. The molecule has 0 aliphatic rings. The van der Waals surface area contributed by atoms with E-state index < -0.39 is 0 Å². The van der Waals surface area contributed by atoms with E-state index in [1.54, 1.807) is 6.26 Å². The first-order valence-electron chi connectivity index (χ1n) is 9.93. The number of oxazole rings is 1. The summed E-state index contributed by atoms with van der Waals surface area (Å²) in [6.07, 6.45) is 3.49. The van der Waals surface area contributed by atoms with E-state index in [-0.39, 0.29) is 0 Å². The van der Waals surface area contributed by atoms with Crippen LogP contribution in [-0.4, -0.2) is 27.5 Å². The molecule has 0 bridgehead atoms. The van der Waals surface area contributed by atoms with Gasteiger partial charge in [0.15, 0.2) is 5.96 Å². The fourth-order valence-electron chi connectivity index (χ4n) is 2.98. The minimum Gasteiger partial charge on any atom is -0.444 e. The number of hydrogen-bond donors (Lipinski definition) is 3. The van der Waals surface area contributed by atoms with Crippen molar-refractivity contribution in [1.29, 1.82) is 0 Å². The van der Waals surface area contributed by atoms with Crippen LogP contribution in [-0.2, 0) is 13.1 Å². The number of aromatic amines is 1. The summed E-state index contributed by atoms with van der Waals surface area (Å²) in [4.78, 5) is 16.9. The van der Waals surface area contributed by atoms with Crippen LogP contribution >= 0.6 is 0 Å². The molecular formula is C23H24N6O. The van der Waals surface area contributed by atoms with Crippen molar-refractivity contribution in [2.75, 3.05) is 6.54 Å². The molecule has 0 fully saturated rings. The van der Waals surface area contributed by atoms with Gasteiger partial charge in [-0.25, -0.2) is 15.0 Å². The zero-order valence-electron chi connectivity index (χ0n) is 16.8. The molecule has 0 aliphatic carbocycles. The highest BCUT2D eigenvalue weighted by molar-refractivity contribution is 5.79. The number of nitrogens with zero attached hydrogens (tertiary/aromatic N) is 3. The highest BCUT2D eigenvalue weighted by Crippen LogP contribution is 2.18. The van der Waals surface area contributed by atoms with E-state index >= 15 is 0 Å². The van der Waals surface area contributed by atoms with Gasteiger partial charge < -0.3 is 20.0 Å². The summed E-state index contributed by atoms with van der Waals surface area (Å²) in [5, 5.41) is 6.54. The van der Waals surface area contributed by atoms with Crippen molar-refractivity contribution < 1.29 is 4.42 Å². The summed E-state index contributed by atoms with van der Waals surface area (Å²) in [7, 11) is 0. The number of imidazole rings is 1. The van der Waals surface area contributed by atoms with Gasteiger partial charge in [-0.15, -0.1) is 0 Å². The minimum atomic E-state index is 0.416. The Morgan fingerprint density at radius 3 is 2.47 bits per heavy atom. The number of benzene rings is 2. The SMILES string of the molecule is CCNC(=NCc1coc(-c2ccccc2)n1)NCc1ncc(-c2ccccc2)[nH]1. The van der Waals surface area contributed by atoms with Crippen molar-refractivity contribution in [2.24, 2.45) is 4.99 Å². The summed E-state index contributed by atoms with van der Waals surface area (Å²) >= 11 is 0. The van der Waals surface area contributed by atoms with Gasteiger partial charge in [0.25, 0.3) is 0 Å². The van der Waals surface area contributed by atoms with E-state index in [4.69, 9.17) is 4.42 Å². The first kappa shape index (κ1) is 19.4. The monoisotopic (exact) mass is 400 g/mol. The molecule has 4 aromatic rings. The molecule has 0 atom stereocenters. The highest BCUT2D eigenvalue weighted by atomic mass is 16.3. The molecule has 0 saturated carbocycles. The molecule has 3 N–H and O–H groups in total. The summed E-state index contributed by atoms with van der Waals surface area (Å²) in [6, 6.07) is 20.0. The molecule has 2 aromatic heterocycles. The van der Waals surface area contributed by atoms with Crippen LogP contribution in [0, 0.1) is 0 Å². The maximum Gasteiger partial charge on any atom is 0.226 e. The third kappa shape index (κ3) is 4.94. The molecule has 0 aliphatic heterocycles. The van der Waals surface area contributed by atoms with Crippen molar-refractivity contribution >= 4 is 5.96 Å². The Labute approximate surface area is 175 Å². The fourth-order valence-corrected chi connectivity index (χ4v) is 2.98. The Balaban J connectivity index is 1.38. The van der Waals surface area contributed by atoms with Crippen LogP contribution < -0.4 is 10.6 Å². The topological polar surface area (TPSA) is 91.1 Å². The van der Waals surface area contributed by atoms with E-state index in [1.165, 1.54) is 0 Å². The van der Waals surface area contributed by atoms with Gasteiger partial charge in [-0.1, -0.05) is 48.5 Å². The van der Waals surface area contributed by atoms with Crippen molar-refractivity contribution in [1.82, 2.24) is 25.6 Å². The van der Waals surface area contributed by atoms with E-state index in [2.05, 4.69) is 42.7 Å². The molecule has 0 unspecified atom stereocenters. The number of aliphatic imine (C=N–C) groups is 1. The number of H-pyrrole nitrogens is 1. The van der Waals surface area contributed by atoms with Crippen molar-refractivity contribution in [2.45, 2.75) is 20.0 Å². The second kappa shape index (κ2) is 9.56. The molecule has 4 rings (SSSR count). The Kier molecular flexibility index (Phi) is 6.19. The Morgan fingerprint density at radius 1 is 1.00 bits per heavy atom. The molecule has 152 valence electrons. The van der Waals surface area contributed by atoms with Crippen molar-refractivity contribution in [3.05, 3.63) is 84.6 Å². The minimum absolute atomic E-state index is 0.416. The van der Waals surface area contributed by atoms with E-state index in [0.717, 1.165) is 34.9 Å². The summed E-state index contributed by atoms with van der Waals surface area (Å²) in [5.41, 5.74) is 3.82. The molecule has 2 heterocycles. The summed E-state index contributed by atoms with van der Waals surface area (Å²) in [5.74, 6) is 2.13. The van der Waals surface area contributed by atoms with Crippen LogP contribution in [0.5, 0.6) is 0 Å². The largest absolute Gasteiger partial charge is 0.444 e. The van der Waals surface area contributed by atoms with Gasteiger partial charge >= 0.3 is 0 Å². The third-order valence-corrected chi connectivity index (χ3v) is 4.45. The maximum absolute atomic E-state index is 5.58. The van der Waals surface area contributed by atoms with Gasteiger partial charge in [-0.2, -0.15) is 0 Å². The number of rotatable bonds is 7. The molecule has 0 amide bonds. The van der Waals surface area contributed by atoms with Crippen molar-refractivity contribution in [3.8, 4) is 22.7 Å². The standard InChI is InChI=1S/C23H24N6O/c1-2-24-23(26-13-19-16-30-22(28-19)18-11-7-4-8-12-18)27-15-21-25-14-20(29-21)17-9-5-3-6-10-17/h3-12,14,16H,2,13,15H2,1H3,(H,25,29)(H2,24,26,27). The van der Waals surface area contributed by atoms with Crippen LogP contribution in [0.4, 0.5) is 0 Å². The molecule has 7 nitrogen and oxygen atoms in total. The number of hydrogen-bond acceptors (Lipinski definition) is 4. The van der Waals surface area contributed by atoms with Gasteiger partial charge in [-0.3, -0.25) is 0 Å². The van der Waals surface area contributed by atoms with Gasteiger partial charge in [0, 0.05) is 12.1 Å². The summed E-state index contributed by atoms with van der Waals surface area (Å²) < 4.78 is 5.58. The van der Waals surface area contributed by atoms with Crippen LogP contribution in [0.25, 0.3) is 22.7 Å². The van der Waals surface area contributed by atoms with Gasteiger partial charge in [0.1, 0.15) is 17.8 Å². The molecule has 2 aromatic carbocycles. The van der Waals surface area contributed by atoms with Gasteiger partial charge in [-0.05, 0) is 24.6 Å². The van der Waals surface area contributed by atoms with Gasteiger partial charge in [0.2, 0.25) is 5.89 Å². The van der Waals surface area contributed by atoms with Crippen molar-refractivity contribution in [3.63, 3.8) is 0 Å². The lowest BCUT2D eigenvalue weighted by molar-refractivity contribution is 0.572. The zero-order valence-corrected chi connectivity index (χ0v) is 16.8. The lowest BCUT2D eigenvalue weighted by Gasteiger charge is -2.09. The highest BCUT2D eigenvalue weighted by Gasteiger charge is 2.07. The first-order chi connectivity index (χ1) is 14.8. The number of aromatic nitrogens is 3. The maximum atomic E-state index is 5.58. The molecule has 0 saturated heterocycles. The Morgan fingerprint density at radius 2 is 1.73 bits per heavy atom. The molecule has 0 spiro atoms. The predicted molar refractivity (Wildman–Crippen MR) is 118 cm³/mol. The van der Waals surface area contributed by atoms with E-state index in [9.17, 15) is 0 Å². The molecule has 30 heavy (non-hydrogen) atoms. The number of guanidine groups is 1. The lowest BCUT2D eigenvalue weighted by Crippen LogP contribution is -2.37. The Bertz CT molecular complexity index is 1090. The smallest absolute Gasteiger partial charge is 0.226 e. The normalized spacial score (nSPS) is 11.4. The predicted octanol–water partition coefficient (Wildman–Crippen LogP) is 3.99. The van der Waals surface area contributed by atoms with Crippen LogP contribution in [0.3, 0.4) is 0 Å². The average Bonchev–Trinajstić information content (AvgIpc) is 3.47. The van der Waals surface area contributed by atoms with E-state index in [0.29, 0.717) is 24.9 Å². The van der Waals surface area contributed by atoms with Crippen LogP contribution in [0.15, 0.2) is 82.5 Å².